The van der Waals surface area contributed by atoms with Gasteiger partial charge in [0.1, 0.15) is 0 Å². The topological polar surface area (TPSA) is 72.9 Å². The van der Waals surface area contributed by atoms with Crippen LogP contribution in [0.2, 0.25) is 0 Å². The fourth-order valence-electron chi connectivity index (χ4n) is 1.57. The van der Waals surface area contributed by atoms with Crippen molar-refractivity contribution in [2.75, 3.05) is 11.9 Å². The van der Waals surface area contributed by atoms with E-state index < -0.39 is 0 Å². The van der Waals surface area contributed by atoms with Gasteiger partial charge in [-0.1, -0.05) is 13.8 Å². The second-order valence-electron chi connectivity index (χ2n) is 4.16. The third kappa shape index (κ3) is 4.19. The van der Waals surface area contributed by atoms with Gasteiger partial charge in [0.05, 0.1) is 0 Å². The van der Waals surface area contributed by atoms with Crippen LogP contribution >= 0.6 is 0 Å². The maximum Gasteiger partial charge on any atom is 0.293 e. The van der Waals surface area contributed by atoms with Crippen molar-refractivity contribution in [2.24, 2.45) is 5.73 Å². The Labute approximate surface area is 102 Å². The molecule has 0 aromatic carbocycles. The molecule has 5 heteroatoms. The van der Waals surface area contributed by atoms with Crippen molar-refractivity contribution in [1.82, 2.24) is 9.55 Å². The molecule has 1 atom stereocenters. The van der Waals surface area contributed by atoms with E-state index >= 15 is 0 Å². The molecular formula is C12H22N4O. The van der Waals surface area contributed by atoms with Gasteiger partial charge in [-0.2, -0.15) is 0 Å². The lowest BCUT2D eigenvalue weighted by atomic mass is 10.2. The van der Waals surface area contributed by atoms with E-state index in [4.69, 9.17) is 5.73 Å². The van der Waals surface area contributed by atoms with E-state index in [1.807, 2.05) is 6.92 Å². The summed E-state index contributed by atoms with van der Waals surface area (Å²) in [6.07, 6.45) is 6.10. The smallest absolute Gasteiger partial charge is 0.293 e. The zero-order chi connectivity index (χ0) is 12.7. The van der Waals surface area contributed by atoms with E-state index in [2.05, 4.69) is 17.2 Å². The Kier molecular flexibility index (Phi) is 5.69. The van der Waals surface area contributed by atoms with Crippen LogP contribution in [0.3, 0.4) is 0 Å². The number of hydrogen-bond acceptors (Lipinski definition) is 4. The highest BCUT2D eigenvalue weighted by molar-refractivity contribution is 5.30. The minimum Gasteiger partial charge on any atom is -0.365 e. The highest BCUT2D eigenvalue weighted by Crippen LogP contribution is 1.97. The summed E-state index contributed by atoms with van der Waals surface area (Å²) in [5, 5.41) is 3.05. The van der Waals surface area contributed by atoms with Crippen molar-refractivity contribution in [3.05, 3.63) is 22.7 Å². The first-order valence-corrected chi connectivity index (χ1v) is 6.23. The first-order chi connectivity index (χ1) is 8.19. The van der Waals surface area contributed by atoms with Crippen LogP contribution in [-0.4, -0.2) is 22.1 Å². The molecule has 0 aliphatic heterocycles. The van der Waals surface area contributed by atoms with E-state index in [1.54, 1.807) is 17.0 Å². The standard InChI is InChI=1S/C12H22N4O/c1-3-8-16-9-7-15-11(12(16)17)14-6-5-10(13)4-2/h7,9-10H,3-6,8,13H2,1-2H3,(H,14,15). The van der Waals surface area contributed by atoms with Gasteiger partial charge in [-0.05, 0) is 19.3 Å². The molecule has 0 aliphatic rings. The summed E-state index contributed by atoms with van der Waals surface area (Å²) in [7, 11) is 0. The van der Waals surface area contributed by atoms with Crippen molar-refractivity contribution < 1.29 is 0 Å². The second kappa shape index (κ2) is 7.06. The van der Waals surface area contributed by atoms with Crippen LogP contribution < -0.4 is 16.6 Å². The Hall–Kier alpha value is -1.36. The lowest BCUT2D eigenvalue weighted by molar-refractivity contribution is 0.610. The first kappa shape index (κ1) is 13.7. The highest BCUT2D eigenvalue weighted by Gasteiger charge is 2.04. The number of nitrogens with one attached hydrogen (secondary N) is 1. The highest BCUT2D eigenvalue weighted by atomic mass is 16.1. The molecule has 0 bridgehead atoms. The Balaban J connectivity index is 2.59. The van der Waals surface area contributed by atoms with Crippen LogP contribution in [0.4, 0.5) is 5.82 Å². The Morgan fingerprint density at radius 3 is 2.94 bits per heavy atom. The van der Waals surface area contributed by atoms with Gasteiger partial charge in [0.15, 0.2) is 5.82 Å². The summed E-state index contributed by atoms with van der Waals surface area (Å²) < 4.78 is 1.68. The van der Waals surface area contributed by atoms with Gasteiger partial charge < -0.3 is 15.6 Å². The minimum absolute atomic E-state index is 0.0561. The second-order valence-corrected chi connectivity index (χ2v) is 4.16. The molecule has 1 heterocycles. The largest absolute Gasteiger partial charge is 0.365 e. The summed E-state index contributed by atoms with van der Waals surface area (Å²) in [6, 6.07) is 0.184. The molecule has 0 saturated carbocycles. The van der Waals surface area contributed by atoms with E-state index in [-0.39, 0.29) is 11.6 Å². The van der Waals surface area contributed by atoms with Crippen molar-refractivity contribution in [2.45, 2.75) is 45.7 Å². The summed E-state index contributed by atoms with van der Waals surface area (Å²) >= 11 is 0. The molecule has 1 rings (SSSR count). The van der Waals surface area contributed by atoms with Gasteiger partial charge in [0.25, 0.3) is 5.56 Å². The van der Waals surface area contributed by atoms with E-state index in [1.165, 1.54) is 0 Å². The Bertz CT molecular complexity index is 388. The minimum atomic E-state index is -0.0561. The molecule has 1 unspecified atom stereocenters. The van der Waals surface area contributed by atoms with Gasteiger partial charge in [-0.3, -0.25) is 4.79 Å². The van der Waals surface area contributed by atoms with Crippen molar-refractivity contribution in [1.29, 1.82) is 0 Å². The number of anilines is 1. The van der Waals surface area contributed by atoms with E-state index in [0.717, 1.165) is 25.8 Å². The molecule has 1 aromatic heterocycles. The average Bonchev–Trinajstić information content (AvgIpc) is 2.33. The fraction of sp³-hybridized carbons (Fsp3) is 0.667. The number of aromatic nitrogens is 2. The fourth-order valence-corrected chi connectivity index (χ4v) is 1.57. The van der Waals surface area contributed by atoms with Crippen LogP contribution in [0.5, 0.6) is 0 Å². The molecule has 96 valence electrons. The molecule has 0 saturated heterocycles. The monoisotopic (exact) mass is 238 g/mol. The maximum atomic E-state index is 11.9. The Morgan fingerprint density at radius 2 is 2.29 bits per heavy atom. The predicted octanol–water partition coefficient (Wildman–Crippen LogP) is 1.19. The number of aryl methyl sites for hydroxylation is 1. The van der Waals surface area contributed by atoms with Gasteiger partial charge in [0.2, 0.25) is 0 Å². The number of hydrogen-bond donors (Lipinski definition) is 2. The van der Waals surface area contributed by atoms with Crippen LogP contribution in [0.15, 0.2) is 17.2 Å². The Morgan fingerprint density at radius 1 is 1.53 bits per heavy atom. The quantitative estimate of drug-likeness (QED) is 0.748. The molecule has 3 N–H and O–H groups in total. The van der Waals surface area contributed by atoms with E-state index in [9.17, 15) is 4.79 Å². The maximum absolute atomic E-state index is 11.9. The summed E-state index contributed by atoms with van der Waals surface area (Å²) in [6.45, 7) is 5.51. The molecular weight excluding hydrogens is 216 g/mol. The first-order valence-electron chi connectivity index (χ1n) is 6.23. The zero-order valence-corrected chi connectivity index (χ0v) is 10.6. The van der Waals surface area contributed by atoms with Crippen LogP contribution in [0, 0.1) is 0 Å². The SMILES string of the molecule is CCCn1ccnc(NCCC(N)CC)c1=O. The molecule has 0 spiro atoms. The van der Waals surface area contributed by atoms with Gasteiger partial charge >= 0.3 is 0 Å². The third-order valence-corrected chi connectivity index (χ3v) is 2.71. The van der Waals surface area contributed by atoms with Crippen LogP contribution in [-0.2, 0) is 6.54 Å². The molecule has 0 aliphatic carbocycles. The zero-order valence-electron chi connectivity index (χ0n) is 10.6. The lowest BCUT2D eigenvalue weighted by Gasteiger charge is -2.10. The molecule has 0 radical (unpaired) electrons. The average molecular weight is 238 g/mol. The summed E-state index contributed by atoms with van der Waals surface area (Å²) in [5.41, 5.74) is 5.75. The summed E-state index contributed by atoms with van der Waals surface area (Å²) in [5.74, 6) is 0.421. The number of nitrogens with zero attached hydrogens (tertiary/aromatic N) is 2. The molecule has 0 fully saturated rings. The number of rotatable bonds is 7. The van der Waals surface area contributed by atoms with Crippen molar-refractivity contribution in [3.63, 3.8) is 0 Å². The molecule has 17 heavy (non-hydrogen) atoms. The van der Waals surface area contributed by atoms with E-state index in [0.29, 0.717) is 12.4 Å². The molecule has 0 amide bonds. The van der Waals surface area contributed by atoms with Crippen molar-refractivity contribution in [3.8, 4) is 0 Å². The van der Waals surface area contributed by atoms with Crippen molar-refractivity contribution >= 4 is 5.82 Å². The normalized spacial score (nSPS) is 12.4. The van der Waals surface area contributed by atoms with Gasteiger partial charge in [-0.15, -0.1) is 0 Å². The molecule has 5 nitrogen and oxygen atoms in total. The predicted molar refractivity (Wildman–Crippen MR) is 70.2 cm³/mol. The van der Waals surface area contributed by atoms with Gasteiger partial charge in [0, 0.05) is 31.5 Å². The molecule has 1 aromatic rings. The van der Waals surface area contributed by atoms with Gasteiger partial charge in [-0.25, -0.2) is 4.98 Å². The van der Waals surface area contributed by atoms with Crippen LogP contribution in [0.1, 0.15) is 33.1 Å². The summed E-state index contributed by atoms with van der Waals surface area (Å²) in [4.78, 5) is 16.0. The van der Waals surface area contributed by atoms with Crippen LogP contribution in [0.25, 0.3) is 0 Å². The lowest BCUT2D eigenvalue weighted by Crippen LogP contribution is -2.27. The third-order valence-electron chi connectivity index (χ3n) is 2.71. The number of nitrogens with two attached hydrogens (primary N) is 1.